The maximum atomic E-state index is 11.2. The van der Waals surface area contributed by atoms with Crippen LogP contribution in [0.4, 0.5) is 0 Å². The quantitative estimate of drug-likeness (QED) is 0.870. The summed E-state index contributed by atoms with van der Waals surface area (Å²) >= 11 is 9.02. The van der Waals surface area contributed by atoms with Gasteiger partial charge in [0, 0.05) is 5.02 Å². The number of carboxylic acid groups (broad SMARTS) is 1. The minimum Gasteiger partial charge on any atom is -0.481 e. The molecule has 0 saturated heterocycles. The molecule has 1 atom stereocenters. The van der Waals surface area contributed by atoms with Crippen molar-refractivity contribution < 1.29 is 14.7 Å². The molecule has 1 aromatic carbocycles. The van der Waals surface area contributed by atoms with Crippen molar-refractivity contribution in [1.29, 1.82) is 0 Å². The summed E-state index contributed by atoms with van der Waals surface area (Å²) in [5.41, 5.74) is 1.20. The van der Waals surface area contributed by atoms with Gasteiger partial charge in [-0.2, -0.15) is 0 Å². The molecule has 0 spiro atoms. The lowest BCUT2D eigenvalue weighted by atomic mass is 10.0. The zero-order valence-corrected chi connectivity index (χ0v) is 10.9. The summed E-state index contributed by atoms with van der Waals surface area (Å²) in [4.78, 5) is 21.4. The molecule has 0 radical (unpaired) electrons. The largest absolute Gasteiger partial charge is 0.481 e. The van der Waals surface area contributed by atoms with E-state index in [0.717, 1.165) is 0 Å². The molecule has 0 fully saturated rings. The molecule has 0 aliphatic carbocycles. The standard InChI is InChI=1S/C11H10BrClO3/c1-6(14)11(12)9-3-2-8(13)4-7(9)5-10(15)16/h2-4,11H,5H2,1H3,(H,15,16). The zero-order valence-electron chi connectivity index (χ0n) is 8.54. The van der Waals surface area contributed by atoms with E-state index in [1.807, 2.05) is 0 Å². The molecule has 0 amide bonds. The lowest BCUT2D eigenvalue weighted by Gasteiger charge is -2.11. The number of ketones is 1. The smallest absolute Gasteiger partial charge is 0.307 e. The summed E-state index contributed by atoms with van der Waals surface area (Å²) in [5.74, 6) is -1.03. The van der Waals surface area contributed by atoms with Crippen LogP contribution < -0.4 is 0 Å². The average Bonchev–Trinajstić information content (AvgIpc) is 2.15. The molecule has 1 aromatic rings. The first kappa shape index (κ1) is 13.2. The fraction of sp³-hybridized carbons (Fsp3) is 0.273. The van der Waals surface area contributed by atoms with Crippen LogP contribution in [0.15, 0.2) is 18.2 Å². The first-order valence-corrected chi connectivity index (χ1v) is 5.86. The van der Waals surface area contributed by atoms with Crippen molar-refractivity contribution in [2.75, 3.05) is 0 Å². The number of hydrogen-bond acceptors (Lipinski definition) is 2. The monoisotopic (exact) mass is 304 g/mol. The molecule has 16 heavy (non-hydrogen) atoms. The number of aliphatic carboxylic acids is 1. The van der Waals surface area contributed by atoms with Gasteiger partial charge in [0.2, 0.25) is 0 Å². The Morgan fingerprint density at radius 2 is 2.12 bits per heavy atom. The van der Waals surface area contributed by atoms with E-state index < -0.39 is 10.8 Å². The highest BCUT2D eigenvalue weighted by Crippen LogP contribution is 2.29. The van der Waals surface area contributed by atoms with Crippen LogP contribution in [0.25, 0.3) is 0 Å². The molecule has 1 unspecified atom stereocenters. The molecule has 3 nitrogen and oxygen atoms in total. The van der Waals surface area contributed by atoms with Gasteiger partial charge in [0.25, 0.3) is 0 Å². The first-order chi connectivity index (χ1) is 7.41. The predicted octanol–water partition coefficient (Wildman–Crippen LogP) is 2.99. The highest BCUT2D eigenvalue weighted by Gasteiger charge is 2.18. The molecule has 86 valence electrons. The van der Waals surface area contributed by atoms with Crippen molar-refractivity contribution in [3.63, 3.8) is 0 Å². The third-order valence-electron chi connectivity index (χ3n) is 2.08. The second-order valence-corrected chi connectivity index (χ2v) is 4.74. The number of alkyl halides is 1. The van der Waals surface area contributed by atoms with Crippen LogP contribution >= 0.6 is 27.5 Å². The van der Waals surface area contributed by atoms with E-state index in [-0.39, 0.29) is 12.2 Å². The number of hydrogen-bond donors (Lipinski definition) is 1. The van der Waals surface area contributed by atoms with Gasteiger partial charge in [0.05, 0.1) is 11.2 Å². The van der Waals surface area contributed by atoms with Crippen molar-refractivity contribution in [3.8, 4) is 0 Å². The summed E-state index contributed by atoms with van der Waals surface area (Å²) in [6.45, 7) is 1.44. The number of rotatable bonds is 4. The third-order valence-corrected chi connectivity index (χ3v) is 3.45. The lowest BCUT2D eigenvalue weighted by molar-refractivity contribution is -0.136. The summed E-state index contributed by atoms with van der Waals surface area (Å²) in [5, 5.41) is 9.22. The van der Waals surface area contributed by atoms with Crippen LogP contribution in [0.2, 0.25) is 5.02 Å². The summed E-state index contributed by atoms with van der Waals surface area (Å²) in [6.07, 6.45) is -0.148. The van der Waals surface area contributed by atoms with Gasteiger partial charge in [-0.25, -0.2) is 0 Å². The Labute approximate surface area is 107 Å². The van der Waals surface area contributed by atoms with Crippen LogP contribution in [0.1, 0.15) is 22.9 Å². The molecular formula is C11H10BrClO3. The fourth-order valence-corrected chi connectivity index (χ4v) is 2.00. The molecule has 0 aliphatic rings. The second-order valence-electron chi connectivity index (χ2n) is 3.39. The molecule has 0 bridgehead atoms. The summed E-state index contributed by atoms with van der Waals surface area (Å²) in [6, 6.07) is 4.88. The van der Waals surface area contributed by atoms with Gasteiger partial charge >= 0.3 is 5.97 Å². The number of carboxylic acids is 1. The van der Waals surface area contributed by atoms with Gasteiger partial charge in [0.1, 0.15) is 5.78 Å². The molecule has 0 aromatic heterocycles. The molecule has 1 N–H and O–H groups in total. The second kappa shape index (κ2) is 5.46. The van der Waals surface area contributed by atoms with E-state index in [1.54, 1.807) is 18.2 Å². The number of benzene rings is 1. The SMILES string of the molecule is CC(=O)C(Br)c1ccc(Cl)cc1CC(=O)O. The van der Waals surface area contributed by atoms with Crippen molar-refractivity contribution in [2.24, 2.45) is 0 Å². The van der Waals surface area contributed by atoms with Gasteiger partial charge in [-0.15, -0.1) is 0 Å². The lowest BCUT2D eigenvalue weighted by Crippen LogP contribution is -2.08. The van der Waals surface area contributed by atoms with E-state index in [2.05, 4.69) is 15.9 Å². The Hall–Kier alpha value is -0.870. The van der Waals surface area contributed by atoms with Gasteiger partial charge in [-0.3, -0.25) is 9.59 Å². The maximum Gasteiger partial charge on any atom is 0.307 e. The van der Waals surface area contributed by atoms with E-state index in [4.69, 9.17) is 16.7 Å². The van der Waals surface area contributed by atoms with Gasteiger partial charge < -0.3 is 5.11 Å². The minimum atomic E-state index is -0.952. The van der Waals surface area contributed by atoms with E-state index in [9.17, 15) is 9.59 Å². The summed E-state index contributed by atoms with van der Waals surface area (Å²) < 4.78 is 0. The highest BCUT2D eigenvalue weighted by molar-refractivity contribution is 9.09. The Balaban J connectivity index is 3.16. The minimum absolute atomic E-state index is 0.0750. The Bertz CT molecular complexity index is 431. The Morgan fingerprint density at radius 3 is 2.62 bits per heavy atom. The number of carbonyl (C=O) groups excluding carboxylic acids is 1. The first-order valence-electron chi connectivity index (χ1n) is 4.56. The van der Waals surface area contributed by atoms with Crippen molar-refractivity contribution in [3.05, 3.63) is 34.3 Å². The fourth-order valence-electron chi connectivity index (χ4n) is 1.36. The maximum absolute atomic E-state index is 11.2. The van der Waals surface area contributed by atoms with E-state index in [1.165, 1.54) is 6.92 Å². The zero-order chi connectivity index (χ0) is 12.3. The van der Waals surface area contributed by atoms with Crippen LogP contribution in [0.5, 0.6) is 0 Å². The highest BCUT2D eigenvalue weighted by atomic mass is 79.9. The van der Waals surface area contributed by atoms with E-state index in [0.29, 0.717) is 16.1 Å². The summed E-state index contributed by atoms with van der Waals surface area (Å²) in [7, 11) is 0. The Kier molecular flexibility index (Phi) is 4.50. The molecule has 0 aliphatic heterocycles. The predicted molar refractivity (Wildman–Crippen MR) is 65.1 cm³/mol. The third kappa shape index (κ3) is 3.32. The molecule has 1 rings (SSSR count). The molecular weight excluding hydrogens is 295 g/mol. The van der Waals surface area contributed by atoms with Gasteiger partial charge in [0.15, 0.2) is 0 Å². The van der Waals surface area contributed by atoms with Crippen LogP contribution in [-0.4, -0.2) is 16.9 Å². The van der Waals surface area contributed by atoms with Crippen molar-refractivity contribution in [2.45, 2.75) is 18.2 Å². The van der Waals surface area contributed by atoms with E-state index >= 15 is 0 Å². The van der Waals surface area contributed by atoms with Crippen LogP contribution in [-0.2, 0) is 16.0 Å². The normalized spacial score (nSPS) is 12.2. The van der Waals surface area contributed by atoms with Gasteiger partial charge in [-0.1, -0.05) is 33.6 Å². The molecule has 0 heterocycles. The van der Waals surface area contributed by atoms with Crippen molar-refractivity contribution >= 4 is 39.3 Å². The van der Waals surface area contributed by atoms with Crippen LogP contribution in [0.3, 0.4) is 0 Å². The van der Waals surface area contributed by atoms with Gasteiger partial charge in [-0.05, 0) is 30.2 Å². The topological polar surface area (TPSA) is 54.4 Å². The Morgan fingerprint density at radius 1 is 1.50 bits per heavy atom. The number of Topliss-reactive ketones (excluding diaryl/α,β-unsaturated/α-hetero) is 1. The van der Waals surface area contributed by atoms with Crippen LogP contribution in [0, 0.1) is 0 Å². The molecule has 0 saturated carbocycles. The average molecular weight is 306 g/mol. The number of halogens is 2. The van der Waals surface area contributed by atoms with Crippen molar-refractivity contribution in [1.82, 2.24) is 0 Å². The number of carbonyl (C=O) groups is 2. The molecule has 5 heteroatoms.